The molecule has 1 aromatic rings. The summed E-state index contributed by atoms with van der Waals surface area (Å²) in [5, 5.41) is 4.40. The number of hydrogen-bond donors (Lipinski definition) is 2. The van der Waals surface area contributed by atoms with Crippen molar-refractivity contribution < 1.29 is 0 Å². The van der Waals surface area contributed by atoms with Crippen LogP contribution >= 0.6 is 0 Å². The van der Waals surface area contributed by atoms with Gasteiger partial charge in [-0.1, -0.05) is 12.8 Å². The van der Waals surface area contributed by atoms with Crippen LogP contribution in [0.25, 0.3) is 0 Å². The molecule has 1 fully saturated rings. The molecule has 0 radical (unpaired) electrons. The summed E-state index contributed by atoms with van der Waals surface area (Å²) >= 11 is 0. The first-order valence-electron chi connectivity index (χ1n) is 5.85. The Morgan fingerprint density at radius 1 is 1.40 bits per heavy atom. The van der Waals surface area contributed by atoms with Crippen molar-refractivity contribution in [2.24, 2.45) is 5.73 Å². The summed E-state index contributed by atoms with van der Waals surface area (Å²) in [6, 6.07) is 0.539. The Morgan fingerprint density at radius 3 is 2.80 bits per heavy atom. The maximum atomic E-state index is 6.08. The van der Waals surface area contributed by atoms with Gasteiger partial charge in [0.1, 0.15) is 5.82 Å². The second-order valence-corrected chi connectivity index (χ2v) is 4.33. The second kappa shape index (κ2) is 4.66. The van der Waals surface area contributed by atoms with E-state index in [4.69, 9.17) is 11.5 Å². The van der Waals surface area contributed by atoms with E-state index in [0.717, 1.165) is 24.2 Å². The molecule has 84 valence electrons. The van der Waals surface area contributed by atoms with E-state index in [2.05, 4.69) is 5.10 Å². The maximum Gasteiger partial charge on any atom is 0.125 e. The Hall–Kier alpha value is -1.03. The molecule has 1 heterocycles. The summed E-state index contributed by atoms with van der Waals surface area (Å²) in [5.74, 6) is 0.857. The van der Waals surface area contributed by atoms with Gasteiger partial charge >= 0.3 is 0 Å². The van der Waals surface area contributed by atoms with Crippen LogP contribution in [-0.4, -0.2) is 16.3 Å². The fourth-order valence-corrected chi connectivity index (χ4v) is 2.33. The lowest BCUT2D eigenvalue weighted by Crippen LogP contribution is -2.10. The van der Waals surface area contributed by atoms with Gasteiger partial charge in [0.15, 0.2) is 0 Å². The number of nitrogens with zero attached hydrogens (tertiary/aromatic N) is 2. The van der Waals surface area contributed by atoms with Gasteiger partial charge in [-0.25, -0.2) is 4.68 Å². The van der Waals surface area contributed by atoms with E-state index in [1.54, 1.807) is 0 Å². The highest BCUT2D eigenvalue weighted by atomic mass is 15.3. The van der Waals surface area contributed by atoms with E-state index >= 15 is 0 Å². The van der Waals surface area contributed by atoms with Gasteiger partial charge in [-0.2, -0.15) is 5.10 Å². The zero-order valence-corrected chi connectivity index (χ0v) is 9.15. The summed E-state index contributed by atoms with van der Waals surface area (Å²) < 4.78 is 2.01. The first kappa shape index (κ1) is 10.5. The number of rotatable bonds is 4. The van der Waals surface area contributed by atoms with Crippen molar-refractivity contribution >= 4 is 5.82 Å². The Kier molecular flexibility index (Phi) is 3.26. The Morgan fingerprint density at radius 2 is 2.13 bits per heavy atom. The molecule has 4 nitrogen and oxygen atoms in total. The largest absolute Gasteiger partial charge is 0.384 e. The number of nitrogen functional groups attached to an aromatic ring is 1. The molecule has 0 aliphatic heterocycles. The normalized spacial score (nSPS) is 17.4. The monoisotopic (exact) mass is 208 g/mol. The van der Waals surface area contributed by atoms with Gasteiger partial charge in [0, 0.05) is 5.56 Å². The van der Waals surface area contributed by atoms with Crippen LogP contribution in [0.3, 0.4) is 0 Å². The zero-order chi connectivity index (χ0) is 10.7. The summed E-state index contributed by atoms with van der Waals surface area (Å²) in [6.07, 6.45) is 8.91. The first-order chi connectivity index (χ1) is 7.33. The van der Waals surface area contributed by atoms with Crippen molar-refractivity contribution in [3.63, 3.8) is 0 Å². The number of aryl methyl sites for hydroxylation is 1. The molecule has 1 aromatic heterocycles. The number of aromatic nitrogens is 2. The lowest BCUT2D eigenvalue weighted by molar-refractivity contribution is 0.473. The fourth-order valence-electron chi connectivity index (χ4n) is 2.33. The number of nitrogens with two attached hydrogens (primary N) is 2. The van der Waals surface area contributed by atoms with Crippen LogP contribution < -0.4 is 11.5 Å². The van der Waals surface area contributed by atoms with E-state index in [1.165, 1.54) is 25.7 Å². The van der Waals surface area contributed by atoms with E-state index in [0.29, 0.717) is 12.6 Å². The van der Waals surface area contributed by atoms with E-state index in [9.17, 15) is 0 Å². The SMILES string of the molecule is NCCCc1cnn(C2CCCC2)c1N. The van der Waals surface area contributed by atoms with Crippen LogP contribution in [-0.2, 0) is 6.42 Å². The molecule has 0 aromatic carbocycles. The average molecular weight is 208 g/mol. The highest BCUT2D eigenvalue weighted by Crippen LogP contribution is 2.31. The summed E-state index contributed by atoms with van der Waals surface area (Å²) in [5.41, 5.74) is 12.7. The molecule has 15 heavy (non-hydrogen) atoms. The number of hydrogen-bond acceptors (Lipinski definition) is 3. The third-order valence-electron chi connectivity index (χ3n) is 3.23. The van der Waals surface area contributed by atoms with E-state index in [-0.39, 0.29) is 0 Å². The predicted molar refractivity (Wildman–Crippen MR) is 61.5 cm³/mol. The molecule has 4 N–H and O–H groups in total. The quantitative estimate of drug-likeness (QED) is 0.787. The van der Waals surface area contributed by atoms with Crippen LogP contribution in [0.5, 0.6) is 0 Å². The third kappa shape index (κ3) is 2.15. The van der Waals surface area contributed by atoms with Crippen LogP contribution in [0.2, 0.25) is 0 Å². The summed E-state index contributed by atoms with van der Waals surface area (Å²) in [6.45, 7) is 0.716. The van der Waals surface area contributed by atoms with E-state index < -0.39 is 0 Å². The van der Waals surface area contributed by atoms with Crippen LogP contribution in [0.4, 0.5) is 5.82 Å². The molecule has 4 heteroatoms. The molecule has 1 aliphatic carbocycles. The second-order valence-electron chi connectivity index (χ2n) is 4.33. The van der Waals surface area contributed by atoms with Gasteiger partial charge in [0.2, 0.25) is 0 Å². The minimum Gasteiger partial charge on any atom is -0.384 e. The van der Waals surface area contributed by atoms with Crippen molar-refractivity contribution in [3.8, 4) is 0 Å². The lowest BCUT2D eigenvalue weighted by Gasteiger charge is -2.12. The molecule has 2 rings (SSSR count). The van der Waals surface area contributed by atoms with Gasteiger partial charge in [0.05, 0.1) is 12.2 Å². The summed E-state index contributed by atoms with van der Waals surface area (Å²) in [7, 11) is 0. The molecular weight excluding hydrogens is 188 g/mol. The van der Waals surface area contributed by atoms with Crippen LogP contribution in [0.1, 0.15) is 43.7 Å². The van der Waals surface area contributed by atoms with Crippen molar-refractivity contribution in [2.75, 3.05) is 12.3 Å². The smallest absolute Gasteiger partial charge is 0.125 e. The lowest BCUT2D eigenvalue weighted by atomic mass is 10.2. The van der Waals surface area contributed by atoms with Gasteiger partial charge in [-0.3, -0.25) is 0 Å². The standard InChI is InChI=1S/C11H20N4/c12-7-3-4-9-8-14-15(11(9)13)10-5-1-2-6-10/h8,10H,1-7,12-13H2. The number of anilines is 1. The van der Waals surface area contributed by atoms with E-state index in [1.807, 2.05) is 10.9 Å². The molecule has 0 amide bonds. The first-order valence-corrected chi connectivity index (χ1v) is 5.85. The maximum absolute atomic E-state index is 6.08. The summed E-state index contributed by atoms with van der Waals surface area (Å²) in [4.78, 5) is 0. The molecule has 0 atom stereocenters. The highest BCUT2D eigenvalue weighted by molar-refractivity contribution is 5.39. The third-order valence-corrected chi connectivity index (χ3v) is 3.23. The van der Waals surface area contributed by atoms with Gasteiger partial charge in [-0.15, -0.1) is 0 Å². The average Bonchev–Trinajstić information content (AvgIpc) is 2.84. The molecule has 1 aliphatic rings. The minimum absolute atomic E-state index is 0.539. The Labute approximate surface area is 90.6 Å². The topological polar surface area (TPSA) is 69.9 Å². The fraction of sp³-hybridized carbons (Fsp3) is 0.727. The molecule has 0 bridgehead atoms. The minimum atomic E-state index is 0.539. The van der Waals surface area contributed by atoms with Gasteiger partial charge in [0.25, 0.3) is 0 Å². The van der Waals surface area contributed by atoms with Crippen LogP contribution in [0, 0.1) is 0 Å². The Balaban J connectivity index is 2.08. The molecule has 0 unspecified atom stereocenters. The van der Waals surface area contributed by atoms with Crippen molar-refractivity contribution in [3.05, 3.63) is 11.8 Å². The van der Waals surface area contributed by atoms with Crippen molar-refractivity contribution in [1.29, 1.82) is 0 Å². The predicted octanol–water partition coefficient (Wildman–Crippen LogP) is 1.47. The van der Waals surface area contributed by atoms with Gasteiger partial charge < -0.3 is 11.5 Å². The highest BCUT2D eigenvalue weighted by Gasteiger charge is 2.20. The van der Waals surface area contributed by atoms with Crippen molar-refractivity contribution in [2.45, 2.75) is 44.6 Å². The van der Waals surface area contributed by atoms with Crippen LogP contribution in [0.15, 0.2) is 6.20 Å². The van der Waals surface area contributed by atoms with Gasteiger partial charge in [-0.05, 0) is 32.2 Å². The zero-order valence-electron chi connectivity index (χ0n) is 9.15. The molecule has 1 saturated carbocycles. The molecular formula is C11H20N4. The van der Waals surface area contributed by atoms with Crippen molar-refractivity contribution in [1.82, 2.24) is 9.78 Å². The molecule has 0 spiro atoms. The Bertz CT molecular complexity index is 312. The molecule has 0 saturated heterocycles.